The van der Waals surface area contributed by atoms with E-state index >= 15 is 0 Å². The van der Waals surface area contributed by atoms with E-state index in [1.807, 2.05) is 5.32 Å². The molecule has 4 aliphatic rings. The first-order chi connectivity index (χ1) is 13.1. The van der Waals surface area contributed by atoms with Gasteiger partial charge in [0.2, 0.25) is 5.91 Å². The van der Waals surface area contributed by atoms with Crippen LogP contribution in [0.2, 0.25) is 0 Å². The molecule has 0 aliphatic heterocycles. The molecule has 0 spiro atoms. The molecule has 4 N–H and O–H groups in total. The van der Waals surface area contributed by atoms with Crippen molar-refractivity contribution in [1.29, 1.82) is 0 Å². The molecule has 28 heavy (non-hydrogen) atoms. The van der Waals surface area contributed by atoms with Crippen LogP contribution < -0.4 is 16.4 Å². The zero-order valence-electron chi connectivity index (χ0n) is 16.8. The largest absolute Gasteiger partial charge is 0.450 e. The number of esters is 1. The molecular weight excluding hydrogens is 362 g/mol. The van der Waals surface area contributed by atoms with E-state index in [4.69, 9.17) is 10.5 Å². The molecule has 0 aromatic rings. The van der Waals surface area contributed by atoms with Gasteiger partial charge in [-0.05, 0) is 69.1 Å². The van der Waals surface area contributed by atoms with Crippen LogP contribution in [0.3, 0.4) is 0 Å². The molecule has 0 radical (unpaired) electrons. The van der Waals surface area contributed by atoms with Gasteiger partial charge in [0.05, 0.1) is 0 Å². The minimum atomic E-state index is -1.15. The third-order valence-corrected chi connectivity index (χ3v) is 6.57. The lowest BCUT2D eigenvalue weighted by Crippen LogP contribution is -2.56. The van der Waals surface area contributed by atoms with Gasteiger partial charge in [-0.3, -0.25) is 14.9 Å². The maximum absolute atomic E-state index is 13.1. The lowest BCUT2D eigenvalue weighted by molar-refractivity contribution is -0.162. The first-order valence-electron chi connectivity index (χ1n) is 10.2. The summed E-state index contributed by atoms with van der Waals surface area (Å²) in [6.07, 6.45) is 5.26. The highest BCUT2D eigenvalue weighted by Gasteiger charge is 2.54. The van der Waals surface area contributed by atoms with Gasteiger partial charge in [-0.2, -0.15) is 0 Å². The number of ether oxygens (including phenoxy) is 1. The van der Waals surface area contributed by atoms with E-state index < -0.39 is 30.1 Å². The Bertz CT molecular complexity index is 639. The Hall–Kier alpha value is -2.12. The Morgan fingerprint density at radius 3 is 1.89 bits per heavy atom. The number of urea groups is 1. The molecule has 4 bridgehead atoms. The fourth-order valence-electron chi connectivity index (χ4n) is 5.71. The molecule has 156 valence electrons. The van der Waals surface area contributed by atoms with Gasteiger partial charge in [-0.1, -0.05) is 13.8 Å². The minimum Gasteiger partial charge on any atom is -0.450 e. The van der Waals surface area contributed by atoms with Crippen molar-refractivity contribution in [1.82, 2.24) is 10.6 Å². The monoisotopic (exact) mass is 393 g/mol. The molecular formula is C20H31N3O5. The second-order valence-corrected chi connectivity index (χ2v) is 9.35. The van der Waals surface area contributed by atoms with Crippen molar-refractivity contribution in [3.63, 3.8) is 0 Å². The van der Waals surface area contributed by atoms with E-state index in [0.717, 1.165) is 19.3 Å². The molecule has 8 nitrogen and oxygen atoms in total. The quantitative estimate of drug-likeness (QED) is 0.589. The molecule has 0 unspecified atom stereocenters. The molecule has 4 aliphatic carbocycles. The van der Waals surface area contributed by atoms with Gasteiger partial charge in [-0.25, -0.2) is 9.59 Å². The summed E-state index contributed by atoms with van der Waals surface area (Å²) in [5.41, 5.74) is 4.61. The summed E-state index contributed by atoms with van der Waals surface area (Å²) in [6, 6.07) is -1.88. The Labute approximate surface area is 165 Å². The molecule has 4 saturated carbocycles. The van der Waals surface area contributed by atoms with E-state index in [1.165, 1.54) is 19.3 Å². The molecule has 0 aromatic heterocycles. The van der Waals surface area contributed by atoms with Gasteiger partial charge in [0.15, 0.2) is 6.10 Å². The first kappa shape index (κ1) is 20.6. The SMILES string of the molecule is CC(C)[C@@H](OC(=O)[C@H](C)NC(=O)C12CC3CC(CC(C3)C1)C2)C(=O)NC(N)=O. The van der Waals surface area contributed by atoms with Crippen LogP contribution in [0, 0.1) is 29.1 Å². The number of nitrogens with one attached hydrogen (secondary N) is 2. The van der Waals surface area contributed by atoms with E-state index in [9.17, 15) is 19.2 Å². The van der Waals surface area contributed by atoms with Crippen LogP contribution in [0.5, 0.6) is 0 Å². The zero-order chi connectivity index (χ0) is 20.6. The average molecular weight is 393 g/mol. The smallest absolute Gasteiger partial charge is 0.329 e. The maximum Gasteiger partial charge on any atom is 0.329 e. The normalized spacial score (nSPS) is 32.5. The molecule has 0 saturated heterocycles. The van der Waals surface area contributed by atoms with E-state index in [1.54, 1.807) is 20.8 Å². The van der Waals surface area contributed by atoms with Crippen LogP contribution in [0.25, 0.3) is 0 Å². The van der Waals surface area contributed by atoms with Gasteiger partial charge in [-0.15, -0.1) is 0 Å². The van der Waals surface area contributed by atoms with Crippen molar-refractivity contribution < 1.29 is 23.9 Å². The molecule has 0 aromatic carbocycles. The van der Waals surface area contributed by atoms with Crippen LogP contribution >= 0.6 is 0 Å². The second kappa shape index (κ2) is 7.72. The number of imide groups is 1. The maximum atomic E-state index is 13.1. The van der Waals surface area contributed by atoms with E-state index in [2.05, 4.69) is 5.32 Å². The highest BCUT2D eigenvalue weighted by Crippen LogP contribution is 2.60. The lowest BCUT2D eigenvalue weighted by Gasteiger charge is -2.55. The number of carbonyl (C=O) groups excluding carboxylic acids is 4. The van der Waals surface area contributed by atoms with Crippen LogP contribution in [-0.2, 0) is 19.1 Å². The highest BCUT2D eigenvalue weighted by atomic mass is 16.5. The minimum absolute atomic E-state index is 0.0706. The Balaban J connectivity index is 1.60. The van der Waals surface area contributed by atoms with Crippen molar-refractivity contribution in [2.75, 3.05) is 0 Å². The molecule has 8 heteroatoms. The van der Waals surface area contributed by atoms with Gasteiger partial charge >= 0.3 is 12.0 Å². The molecule has 0 heterocycles. The molecule has 2 atom stereocenters. The third-order valence-electron chi connectivity index (χ3n) is 6.57. The van der Waals surface area contributed by atoms with Crippen LogP contribution in [0.1, 0.15) is 59.3 Å². The highest BCUT2D eigenvalue weighted by molar-refractivity contribution is 5.97. The van der Waals surface area contributed by atoms with Crippen LogP contribution in [0.4, 0.5) is 4.79 Å². The number of carbonyl (C=O) groups is 4. The molecule has 4 rings (SSSR count). The fraction of sp³-hybridized carbons (Fsp3) is 0.800. The summed E-state index contributed by atoms with van der Waals surface area (Å²) >= 11 is 0. The molecule has 4 amide bonds. The number of rotatable bonds is 6. The van der Waals surface area contributed by atoms with Gasteiger partial charge < -0.3 is 15.8 Å². The predicted molar refractivity (Wildman–Crippen MR) is 101 cm³/mol. The Kier molecular flexibility index (Phi) is 5.68. The summed E-state index contributed by atoms with van der Waals surface area (Å²) in [6.45, 7) is 4.94. The summed E-state index contributed by atoms with van der Waals surface area (Å²) in [5, 5.41) is 4.76. The van der Waals surface area contributed by atoms with Crippen molar-refractivity contribution in [3.05, 3.63) is 0 Å². The number of hydrogen-bond donors (Lipinski definition) is 3. The fourth-order valence-corrected chi connectivity index (χ4v) is 5.71. The molecule has 4 fully saturated rings. The summed E-state index contributed by atoms with van der Waals surface area (Å²) in [5.74, 6) is -0.00817. The summed E-state index contributed by atoms with van der Waals surface area (Å²) < 4.78 is 5.28. The average Bonchev–Trinajstić information content (AvgIpc) is 2.57. The number of amides is 4. The lowest BCUT2D eigenvalue weighted by atomic mass is 9.49. The van der Waals surface area contributed by atoms with Gasteiger partial charge in [0.1, 0.15) is 6.04 Å². The van der Waals surface area contributed by atoms with Crippen molar-refractivity contribution in [3.8, 4) is 0 Å². The standard InChI is InChI=1S/C20H31N3O5/c1-10(2)15(16(24)23-19(21)27)28-17(25)11(3)22-18(26)20-7-12-4-13(8-20)6-14(5-12)9-20/h10-15H,4-9H2,1-3H3,(H,22,26)(H3,21,23,24,27)/t11-,12?,13?,14?,15+,20?/m0/s1. The van der Waals surface area contributed by atoms with Crippen molar-refractivity contribution in [2.24, 2.45) is 34.8 Å². The number of hydrogen-bond acceptors (Lipinski definition) is 5. The number of nitrogens with two attached hydrogens (primary N) is 1. The Morgan fingerprint density at radius 2 is 1.46 bits per heavy atom. The predicted octanol–water partition coefficient (Wildman–Crippen LogP) is 1.47. The zero-order valence-corrected chi connectivity index (χ0v) is 16.8. The topological polar surface area (TPSA) is 128 Å². The summed E-state index contributed by atoms with van der Waals surface area (Å²) in [7, 11) is 0. The number of primary amides is 1. The van der Waals surface area contributed by atoms with Gasteiger partial charge in [0.25, 0.3) is 5.91 Å². The first-order valence-corrected chi connectivity index (χ1v) is 10.2. The second-order valence-electron chi connectivity index (χ2n) is 9.35. The van der Waals surface area contributed by atoms with Crippen molar-refractivity contribution >= 4 is 23.8 Å². The van der Waals surface area contributed by atoms with E-state index in [0.29, 0.717) is 17.8 Å². The van der Waals surface area contributed by atoms with Gasteiger partial charge in [0, 0.05) is 5.41 Å². The Morgan fingerprint density at radius 1 is 0.964 bits per heavy atom. The summed E-state index contributed by atoms with van der Waals surface area (Å²) in [4.78, 5) is 48.5. The van der Waals surface area contributed by atoms with Crippen LogP contribution in [0.15, 0.2) is 0 Å². The third kappa shape index (κ3) is 4.15. The van der Waals surface area contributed by atoms with Crippen LogP contribution in [-0.4, -0.2) is 36.0 Å². The van der Waals surface area contributed by atoms with Crippen molar-refractivity contribution in [2.45, 2.75) is 71.4 Å². The van der Waals surface area contributed by atoms with E-state index in [-0.39, 0.29) is 17.2 Å².